The molecule has 6 nitrogen and oxygen atoms in total. The maximum absolute atomic E-state index is 9.10. The van der Waals surface area contributed by atoms with E-state index in [0.29, 0.717) is 6.61 Å². The van der Waals surface area contributed by atoms with Crippen LogP contribution in [0.3, 0.4) is 0 Å². The molecule has 0 saturated heterocycles. The van der Waals surface area contributed by atoms with Gasteiger partial charge < -0.3 is 25.3 Å². The zero-order chi connectivity index (χ0) is 10.3. The van der Waals surface area contributed by atoms with Crippen LogP contribution in [0.25, 0.3) is 0 Å². The van der Waals surface area contributed by atoms with E-state index in [9.17, 15) is 0 Å². The largest absolute Gasteiger partial charge is 0.396 e. The summed E-state index contributed by atoms with van der Waals surface area (Å²) in [5, 5.41) is 38.8. The third-order valence-corrected chi connectivity index (χ3v) is 1.35. The van der Waals surface area contributed by atoms with Gasteiger partial charge in [-0.3, -0.25) is 0 Å². The third-order valence-electron chi connectivity index (χ3n) is 1.35. The van der Waals surface area contributed by atoms with Crippen LogP contribution in [-0.4, -0.2) is 58.2 Å². The van der Waals surface area contributed by atoms with Gasteiger partial charge in [-0.15, -0.1) is 0 Å². The second-order valence-electron chi connectivity index (χ2n) is 2.40. The molecule has 3 unspecified atom stereocenters. The first kappa shape index (κ1) is 12.3. The lowest BCUT2D eigenvalue weighted by atomic mass is 10.1. The molecule has 0 aliphatic heterocycles. The van der Waals surface area contributed by atoms with E-state index in [1.807, 2.05) is 0 Å². The van der Waals surface area contributed by atoms with E-state index >= 15 is 0 Å². The molecule has 0 aromatic heterocycles. The van der Waals surface area contributed by atoms with Gasteiger partial charge in [0.2, 0.25) is 0 Å². The fourth-order valence-electron chi connectivity index (χ4n) is 0.604. The molecule has 0 aliphatic carbocycles. The first-order chi connectivity index (χ1) is 6.13. The van der Waals surface area contributed by atoms with Crippen molar-refractivity contribution in [3.05, 3.63) is 0 Å². The minimum Gasteiger partial charge on any atom is -0.396 e. The predicted molar refractivity (Wildman–Crippen MR) is 45.2 cm³/mol. The Balaban J connectivity index is 3.87. The first-order valence-corrected chi connectivity index (χ1v) is 3.94. The van der Waals surface area contributed by atoms with Gasteiger partial charge in [0.1, 0.15) is 24.9 Å². The van der Waals surface area contributed by atoms with Crippen LogP contribution in [0.4, 0.5) is 0 Å². The van der Waals surface area contributed by atoms with Crippen molar-refractivity contribution < 1.29 is 25.3 Å². The molecule has 3 atom stereocenters. The molecule has 0 rings (SSSR count). The van der Waals surface area contributed by atoms with Gasteiger partial charge in [0.05, 0.1) is 12.8 Å². The Hall–Kier alpha value is -0.690. The number of aliphatic hydroxyl groups excluding tert-OH is 4. The van der Waals surface area contributed by atoms with Crippen molar-refractivity contribution in [2.45, 2.75) is 25.2 Å². The quantitative estimate of drug-likeness (QED) is 0.291. The Morgan fingerprint density at radius 2 is 2.00 bits per heavy atom. The Labute approximate surface area is 76.1 Å². The average Bonchev–Trinajstić information content (AvgIpc) is 2.15. The molecule has 0 heterocycles. The molecule has 78 valence electrons. The van der Waals surface area contributed by atoms with Crippen molar-refractivity contribution in [1.29, 1.82) is 0 Å². The normalized spacial score (nSPS) is 18.5. The van der Waals surface area contributed by atoms with Crippen molar-refractivity contribution in [2.75, 3.05) is 13.2 Å². The predicted octanol–water partition coefficient (Wildman–Crippen LogP) is -1.92. The smallest absolute Gasteiger partial charge is 0.121 e. The van der Waals surface area contributed by atoms with Crippen molar-refractivity contribution >= 4 is 6.21 Å². The van der Waals surface area contributed by atoms with Crippen molar-refractivity contribution in [3.63, 3.8) is 0 Å². The summed E-state index contributed by atoms with van der Waals surface area (Å²) < 4.78 is 0. The van der Waals surface area contributed by atoms with Crippen molar-refractivity contribution in [2.24, 2.45) is 5.16 Å². The van der Waals surface area contributed by atoms with Crippen LogP contribution in [0.5, 0.6) is 0 Å². The van der Waals surface area contributed by atoms with Gasteiger partial charge in [-0.2, -0.15) is 0 Å². The molecule has 6 heteroatoms. The maximum Gasteiger partial charge on any atom is 0.121 e. The number of oxime groups is 1. The molecule has 0 bridgehead atoms. The highest BCUT2D eigenvalue weighted by molar-refractivity contribution is 5.62. The highest BCUT2D eigenvalue weighted by atomic mass is 16.6. The molecule has 0 fully saturated rings. The molecule has 4 N–H and O–H groups in total. The van der Waals surface area contributed by atoms with Crippen LogP contribution in [-0.2, 0) is 4.84 Å². The van der Waals surface area contributed by atoms with Gasteiger partial charge in [-0.1, -0.05) is 5.16 Å². The topological polar surface area (TPSA) is 103 Å². The molecule has 0 spiro atoms. The van der Waals surface area contributed by atoms with E-state index in [1.165, 1.54) is 0 Å². The Morgan fingerprint density at radius 1 is 1.38 bits per heavy atom. The van der Waals surface area contributed by atoms with Gasteiger partial charge in [-0.25, -0.2) is 0 Å². The van der Waals surface area contributed by atoms with Gasteiger partial charge in [0, 0.05) is 0 Å². The SMILES string of the molecule is CCO/N=C/C(O)C(O)C(O)CO. The highest BCUT2D eigenvalue weighted by Gasteiger charge is 2.22. The van der Waals surface area contributed by atoms with E-state index in [0.717, 1.165) is 6.21 Å². The van der Waals surface area contributed by atoms with Crippen LogP contribution < -0.4 is 0 Å². The summed E-state index contributed by atoms with van der Waals surface area (Å²) in [6, 6.07) is 0. The fraction of sp³-hybridized carbons (Fsp3) is 0.857. The van der Waals surface area contributed by atoms with Crippen molar-refractivity contribution in [3.8, 4) is 0 Å². The monoisotopic (exact) mass is 193 g/mol. The second-order valence-corrected chi connectivity index (χ2v) is 2.40. The van der Waals surface area contributed by atoms with Crippen LogP contribution in [0.1, 0.15) is 6.92 Å². The summed E-state index contributed by atoms with van der Waals surface area (Å²) in [4.78, 5) is 4.52. The van der Waals surface area contributed by atoms with Crippen LogP contribution in [0.15, 0.2) is 5.16 Å². The molecular weight excluding hydrogens is 178 g/mol. The summed E-state index contributed by atoms with van der Waals surface area (Å²) in [5.74, 6) is 0. The standard InChI is InChI=1S/C7H15NO5/c1-2-13-8-3-5(10)7(12)6(11)4-9/h3,5-7,9-12H,2,4H2,1H3/b8-3+. The van der Waals surface area contributed by atoms with E-state index in [1.54, 1.807) is 6.92 Å². The maximum atomic E-state index is 9.10. The number of rotatable bonds is 6. The molecule has 0 saturated carbocycles. The Morgan fingerprint density at radius 3 is 2.46 bits per heavy atom. The minimum absolute atomic E-state index is 0.349. The number of hydrogen-bond donors (Lipinski definition) is 4. The molecule has 0 radical (unpaired) electrons. The van der Waals surface area contributed by atoms with Crippen LogP contribution >= 0.6 is 0 Å². The van der Waals surface area contributed by atoms with Gasteiger partial charge in [0.25, 0.3) is 0 Å². The van der Waals surface area contributed by atoms with E-state index in [2.05, 4.69) is 9.99 Å². The first-order valence-electron chi connectivity index (χ1n) is 3.94. The van der Waals surface area contributed by atoms with E-state index in [4.69, 9.17) is 20.4 Å². The zero-order valence-electron chi connectivity index (χ0n) is 7.37. The summed E-state index contributed by atoms with van der Waals surface area (Å²) in [7, 11) is 0. The van der Waals surface area contributed by atoms with Crippen LogP contribution in [0, 0.1) is 0 Å². The Bertz CT molecular complexity index is 152. The molecular formula is C7H15NO5. The third kappa shape index (κ3) is 4.79. The summed E-state index contributed by atoms with van der Waals surface area (Å²) >= 11 is 0. The molecule has 0 aromatic carbocycles. The number of nitrogens with zero attached hydrogens (tertiary/aromatic N) is 1. The lowest BCUT2D eigenvalue weighted by Crippen LogP contribution is -2.40. The van der Waals surface area contributed by atoms with Gasteiger partial charge in [0.15, 0.2) is 0 Å². The molecule has 13 heavy (non-hydrogen) atoms. The fourth-order valence-corrected chi connectivity index (χ4v) is 0.604. The second kappa shape index (κ2) is 6.79. The van der Waals surface area contributed by atoms with E-state index in [-0.39, 0.29) is 0 Å². The van der Waals surface area contributed by atoms with Crippen LogP contribution in [0.2, 0.25) is 0 Å². The van der Waals surface area contributed by atoms with Gasteiger partial charge >= 0.3 is 0 Å². The number of aliphatic hydroxyl groups is 4. The lowest BCUT2D eigenvalue weighted by Gasteiger charge is -2.17. The molecule has 0 aromatic rings. The lowest BCUT2D eigenvalue weighted by molar-refractivity contribution is -0.0549. The number of hydrogen-bond acceptors (Lipinski definition) is 6. The summed E-state index contributed by atoms with van der Waals surface area (Å²) in [6.07, 6.45) is -3.25. The average molecular weight is 193 g/mol. The van der Waals surface area contributed by atoms with Crippen molar-refractivity contribution in [1.82, 2.24) is 0 Å². The highest BCUT2D eigenvalue weighted by Crippen LogP contribution is 1.97. The Kier molecular flexibility index (Phi) is 6.43. The molecule has 0 amide bonds. The summed E-state index contributed by atoms with van der Waals surface area (Å²) in [5.41, 5.74) is 0. The van der Waals surface area contributed by atoms with Gasteiger partial charge in [-0.05, 0) is 6.92 Å². The minimum atomic E-state index is -1.46. The zero-order valence-corrected chi connectivity index (χ0v) is 7.37. The summed E-state index contributed by atoms with van der Waals surface area (Å²) in [6.45, 7) is 1.44. The van der Waals surface area contributed by atoms with E-state index < -0.39 is 24.9 Å². The molecule has 0 aliphatic rings.